The van der Waals surface area contributed by atoms with Crippen molar-refractivity contribution >= 4 is 18.4 Å². The first-order chi connectivity index (χ1) is 20.1. The van der Waals surface area contributed by atoms with E-state index in [1.165, 1.54) is 0 Å². The van der Waals surface area contributed by atoms with Gasteiger partial charge in [-0.1, -0.05) is 48.5 Å². The van der Waals surface area contributed by atoms with E-state index in [1.807, 2.05) is 94.3 Å². The van der Waals surface area contributed by atoms with Crippen molar-refractivity contribution in [3.8, 4) is 34.5 Å². The van der Waals surface area contributed by atoms with Crippen molar-refractivity contribution in [2.75, 3.05) is 40.3 Å². The molecule has 0 saturated carbocycles. The molecule has 0 unspecified atom stereocenters. The lowest BCUT2D eigenvalue weighted by atomic mass is 10.2. The molecule has 0 spiro atoms. The number of methoxy groups -OCH3 is 1. The molecule has 0 amide bonds. The molecule has 10 nitrogen and oxygen atoms in total. The van der Waals surface area contributed by atoms with E-state index in [4.69, 9.17) is 37.2 Å². The minimum Gasteiger partial charge on any atom is -0.497 e. The van der Waals surface area contributed by atoms with E-state index in [0.29, 0.717) is 28.9 Å². The predicted octanol–water partition coefficient (Wildman–Crippen LogP) is 4.42. The quantitative estimate of drug-likeness (QED) is 0.203. The highest BCUT2D eigenvalue weighted by molar-refractivity contribution is 7.71. The zero-order chi connectivity index (χ0) is 28.2. The Balaban J connectivity index is 1.45. The number of rotatable bonds is 8. The summed E-state index contributed by atoms with van der Waals surface area (Å²) in [4.78, 5) is 9.64. The van der Waals surface area contributed by atoms with Crippen molar-refractivity contribution in [2.45, 2.75) is 6.67 Å². The number of ether oxygens (including phenoxy) is 1. The van der Waals surface area contributed by atoms with Crippen molar-refractivity contribution in [1.29, 1.82) is 0 Å². The molecule has 2 aromatic heterocycles. The smallest absolute Gasteiger partial charge is 0.223 e. The lowest BCUT2D eigenvalue weighted by Gasteiger charge is -2.31. The fourth-order valence-electron chi connectivity index (χ4n) is 4.66. The first-order valence-corrected chi connectivity index (χ1v) is 13.9. The van der Waals surface area contributed by atoms with Gasteiger partial charge in [0.2, 0.25) is 16.4 Å². The highest BCUT2D eigenvalue weighted by atomic mass is 32.1. The van der Waals surface area contributed by atoms with E-state index in [0.717, 1.165) is 48.7 Å². The van der Waals surface area contributed by atoms with Crippen molar-refractivity contribution in [3.63, 3.8) is 0 Å². The van der Waals surface area contributed by atoms with Crippen LogP contribution in [0, 0.1) is 4.77 Å². The fraction of sp³-hybridized carbons (Fsp3) is 0.233. The first-order valence-electron chi connectivity index (χ1n) is 13.5. The number of hydrogen-bond acceptors (Lipinski definition) is 8. The lowest BCUT2D eigenvalue weighted by Crippen LogP contribution is -2.45. The van der Waals surface area contributed by atoms with Gasteiger partial charge in [-0.25, -0.2) is 14.3 Å². The summed E-state index contributed by atoms with van der Waals surface area (Å²) >= 11 is 5.92. The van der Waals surface area contributed by atoms with Gasteiger partial charge in [-0.15, -0.1) is 10.2 Å². The fourth-order valence-corrected chi connectivity index (χ4v) is 4.89. The Morgan fingerprint density at radius 2 is 1.54 bits per heavy atom. The Morgan fingerprint density at radius 1 is 0.854 bits per heavy atom. The van der Waals surface area contributed by atoms with Crippen LogP contribution in [-0.2, 0) is 6.67 Å². The van der Waals surface area contributed by atoms with Crippen LogP contribution < -0.4 is 4.74 Å². The molecule has 11 heteroatoms. The van der Waals surface area contributed by atoms with Crippen LogP contribution >= 0.6 is 12.2 Å². The highest BCUT2D eigenvalue weighted by Gasteiger charge is 2.23. The number of hydrogen-bond donors (Lipinski definition) is 0. The maximum atomic E-state index is 5.92. The summed E-state index contributed by atoms with van der Waals surface area (Å²) < 4.78 is 11.1. The van der Waals surface area contributed by atoms with Crippen molar-refractivity contribution in [1.82, 2.24) is 39.0 Å². The van der Waals surface area contributed by atoms with Gasteiger partial charge < -0.3 is 9.64 Å². The SMILES string of the molecule is COc1ccc(/C=N\n2c(-c3nc(-c4ccccc4)n(-c4ccccc4)n3)nn(CN3CCN(C)CC3)c2=S)cc1. The average molecular weight is 566 g/mol. The molecule has 5 aromatic rings. The molecule has 0 N–H and O–H groups in total. The van der Waals surface area contributed by atoms with Gasteiger partial charge >= 0.3 is 0 Å². The molecule has 3 aromatic carbocycles. The van der Waals surface area contributed by atoms with Gasteiger partial charge in [0.1, 0.15) is 5.75 Å². The first kappa shape index (κ1) is 26.8. The Bertz CT molecular complexity index is 1630. The van der Waals surface area contributed by atoms with Gasteiger partial charge in [0.25, 0.3) is 0 Å². The monoisotopic (exact) mass is 565 g/mol. The van der Waals surface area contributed by atoms with Gasteiger partial charge in [-0.3, -0.25) is 4.90 Å². The van der Waals surface area contributed by atoms with Crippen molar-refractivity contribution in [3.05, 3.63) is 95.3 Å². The summed E-state index contributed by atoms with van der Waals surface area (Å²) in [5.74, 6) is 2.39. The molecule has 1 saturated heterocycles. The molecule has 6 rings (SSSR count). The molecule has 3 heterocycles. The Hall–Kier alpha value is -4.45. The van der Waals surface area contributed by atoms with Crippen molar-refractivity contribution < 1.29 is 4.74 Å². The summed E-state index contributed by atoms with van der Waals surface area (Å²) in [7, 11) is 3.79. The molecular weight excluding hydrogens is 534 g/mol. The van der Waals surface area contributed by atoms with Crippen LogP contribution in [0.4, 0.5) is 0 Å². The summed E-state index contributed by atoms with van der Waals surface area (Å²) in [6.07, 6.45) is 1.76. The Morgan fingerprint density at radius 3 is 2.22 bits per heavy atom. The standard InChI is InChI=1S/C30H31N9OS/c1-35-17-19-36(20-18-35)22-37-30(41)39(31-21-23-13-15-26(40-2)16-14-23)29(34-37)27-32-28(24-9-5-3-6-10-24)38(33-27)25-11-7-4-8-12-25/h3-16,21H,17-20,22H2,1-2H3/b31-21-. The summed E-state index contributed by atoms with van der Waals surface area (Å²) in [6, 6.07) is 27.6. The molecule has 0 radical (unpaired) electrons. The Labute approximate surface area is 243 Å². The number of benzene rings is 3. The normalized spacial score (nSPS) is 14.6. The Kier molecular flexibility index (Phi) is 7.81. The van der Waals surface area contributed by atoms with Gasteiger partial charge in [-0.05, 0) is 61.2 Å². The predicted molar refractivity (Wildman–Crippen MR) is 162 cm³/mol. The van der Waals surface area contributed by atoms with Crippen LogP contribution in [-0.4, -0.2) is 85.6 Å². The lowest BCUT2D eigenvalue weighted by molar-refractivity contribution is 0.119. The van der Waals surface area contributed by atoms with Crippen LogP contribution in [0.1, 0.15) is 5.56 Å². The minimum atomic E-state index is 0.433. The number of piperazine rings is 1. The largest absolute Gasteiger partial charge is 0.497 e. The van der Waals surface area contributed by atoms with E-state index in [-0.39, 0.29) is 0 Å². The molecule has 0 bridgehead atoms. The molecule has 41 heavy (non-hydrogen) atoms. The van der Waals surface area contributed by atoms with E-state index in [9.17, 15) is 0 Å². The third kappa shape index (κ3) is 5.87. The number of para-hydroxylation sites is 1. The summed E-state index contributed by atoms with van der Waals surface area (Å²) in [5, 5.41) is 14.6. The molecule has 208 valence electrons. The molecule has 0 aliphatic carbocycles. The number of nitrogens with zero attached hydrogens (tertiary/aromatic N) is 9. The molecule has 1 fully saturated rings. The van der Waals surface area contributed by atoms with Crippen LogP contribution in [0.25, 0.3) is 28.7 Å². The second kappa shape index (κ2) is 12.0. The van der Waals surface area contributed by atoms with Gasteiger partial charge in [0.05, 0.1) is 25.7 Å². The summed E-state index contributed by atoms with van der Waals surface area (Å²) in [5.41, 5.74) is 2.74. The molecular formula is C30H31N9OS. The van der Waals surface area contributed by atoms with Crippen LogP contribution in [0.3, 0.4) is 0 Å². The van der Waals surface area contributed by atoms with E-state index in [1.54, 1.807) is 18.0 Å². The molecule has 1 aliphatic heterocycles. The minimum absolute atomic E-state index is 0.433. The topological polar surface area (TPSA) is 81.5 Å². The van der Waals surface area contributed by atoms with Crippen LogP contribution in [0.5, 0.6) is 5.75 Å². The van der Waals surface area contributed by atoms with E-state index >= 15 is 0 Å². The van der Waals surface area contributed by atoms with E-state index < -0.39 is 0 Å². The van der Waals surface area contributed by atoms with Crippen LogP contribution in [0.2, 0.25) is 0 Å². The average Bonchev–Trinajstić information content (AvgIpc) is 3.60. The van der Waals surface area contributed by atoms with Crippen LogP contribution in [0.15, 0.2) is 90.0 Å². The molecule has 1 aliphatic rings. The highest BCUT2D eigenvalue weighted by Crippen LogP contribution is 2.25. The molecule has 0 atom stereocenters. The van der Waals surface area contributed by atoms with Crippen molar-refractivity contribution in [2.24, 2.45) is 5.10 Å². The zero-order valence-electron chi connectivity index (χ0n) is 23.0. The third-order valence-corrected chi connectivity index (χ3v) is 7.41. The second-order valence-electron chi connectivity index (χ2n) is 9.87. The maximum absolute atomic E-state index is 5.92. The van der Waals surface area contributed by atoms with Gasteiger partial charge in [-0.2, -0.15) is 9.78 Å². The van der Waals surface area contributed by atoms with Gasteiger partial charge in [0, 0.05) is 31.7 Å². The van der Waals surface area contributed by atoms with Gasteiger partial charge in [0.15, 0.2) is 5.82 Å². The third-order valence-electron chi connectivity index (χ3n) is 7.03. The van der Waals surface area contributed by atoms with E-state index in [2.05, 4.69) is 16.8 Å². The summed E-state index contributed by atoms with van der Waals surface area (Å²) in [6.45, 7) is 4.44. The zero-order valence-corrected chi connectivity index (χ0v) is 23.9. The number of aromatic nitrogens is 6. The second-order valence-corrected chi connectivity index (χ2v) is 10.2. The maximum Gasteiger partial charge on any atom is 0.223 e. The number of likely N-dealkylation sites (N-methyl/N-ethyl adjacent to an activating group) is 1.